The first kappa shape index (κ1) is 19.2. The third kappa shape index (κ3) is 4.08. The lowest BCUT2D eigenvalue weighted by Crippen LogP contribution is -2.21. The zero-order valence-corrected chi connectivity index (χ0v) is 16.7. The third-order valence-corrected chi connectivity index (χ3v) is 6.53. The summed E-state index contributed by atoms with van der Waals surface area (Å²) in [6, 6.07) is 12.7. The van der Waals surface area contributed by atoms with Crippen molar-refractivity contribution in [2.75, 3.05) is 12.4 Å². The van der Waals surface area contributed by atoms with E-state index in [9.17, 15) is 13.2 Å². The minimum absolute atomic E-state index is 0.0965. The van der Waals surface area contributed by atoms with Crippen molar-refractivity contribution in [3.63, 3.8) is 0 Å². The van der Waals surface area contributed by atoms with Crippen LogP contribution in [-0.4, -0.2) is 26.4 Å². The monoisotopic (exact) mass is 401 g/mol. The number of rotatable bonds is 5. The average Bonchev–Trinajstić information content (AvgIpc) is 3.12. The number of aryl methyl sites for hydroxylation is 1. The van der Waals surface area contributed by atoms with Crippen LogP contribution in [0.5, 0.6) is 0 Å². The van der Waals surface area contributed by atoms with E-state index in [0.29, 0.717) is 10.7 Å². The van der Waals surface area contributed by atoms with Crippen LogP contribution in [-0.2, 0) is 10.0 Å². The molecule has 0 aliphatic carbocycles. The highest BCUT2D eigenvalue weighted by molar-refractivity contribution is 7.89. The molecule has 3 rings (SSSR count). The Hall–Kier alpha value is -2.55. The quantitative estimate of drug-likeness (QED) is 0.684. The molecule has 1 aromatic heterocycles. The second-order valence-electron chi connectivity index (χ2n) is 5.98. The van der Waals surface area contributed by atoms with Gasteiger partial charge in [0.25, 0.3) is 5.91 Å². The van der Waals surface area contributed by atoms with E-state index >= 15 is 0 Å². The predicted octanol–water partition coefficient (Wildman–Crippen LogP) is 3.59. The third-order valence-electron chi connectivity index (χ3n) is 4.23. The Morgan fingerprint density at radius 1 is 1.11 bits per heavy atom. The van der Waals surface area contributed by atoms with Crippen LogP contribution in [0.1, 0.15) is 21.5 Å². The van der Waals surface area contributed by atoms with Gasteiger partial charge in [0.15, 0.2) is 5.13 Å². The zero-order valence-electron chi connectivity index (χ0n) is 15.1. The summed E-state index contributed by atoms with van der Waals surface area (Å²) in [5, 5.41) is 5.06. The summed E-state index contributed by atoms with van der Waals surface area (Å²) in [6.07, 6.45) is 0. The fourth-order valence-corrected chi connectivity index (χ4v) is 4.37. The van der Waals surface area contributed by atoms with E-state index in [2.05, 4.69) is 15.0 Å². The van der Waals surface area contributed by atoms with Crippen molar-refractivity contribution in [1.29, 1.82) is 0 Å². The van der Waals surface area contributed by atoms with Crippen LogP contribution in [0.3, 0.4) is 0 Å². The van der Waals surface area contributed by atoms with Crippen molar-refractivity contribution >= 4 is 32.4 Å². The second-order valence-corrected chi connectivity index (χ2v) is 8.69. The van der Waals surface area contributed by atoms with E-state index in [1.165, 1.54) is 24.5 Å². The minimum atomic E-state index is -3.66. The van der Waals surface area contributed by atoms with Crippen LogP contribution in [0, 0.1) is 13.8 Å². The highest BCUT2D eigenvalue weighted by Gasteiger charge is 2.20. The van der Waals surface area contributed by atoms with Crippen molar-refractivity contribution < 1.29 is 13.2 Å². The van der Waals surface area contributed by atoms with Crippen molar-refractivity contribution in [3.8, 4) is 11.3 Å². The molecule has 2 aromatic carbocycles. The molecule has 0 saturated heterocycles. The summed E-state index contributed by atoms with van der Waals surface area (Å²) in [5.41, 5.74) is 3.34. The molecule has 1 heterocycles. The van der Waals surface area contributed by atoms with E-state index in [4.69, 9.17) is 0 Å². The van der Waals surface area contributed by atoms with Gasteiger partial charge < -0.3 is 0 Å². The molecule has 0 saturated carbocycles. The van der Waals surface area contributed by atoms with Crippen LogP contribution in [0.25, 0.3) is 11.3 Å². The molecule has 0 aliphatic heterocycles. The summed E-state index contributed by atoms with van der Waals surface area (Å²) in [7, 11) is -2.31. The van der Waals surface area contributed by atoms with Gasteiger partial charge in [-0.25, -0.2) is 18.1 Å². The van der Waals surface area contributed by atoms with Gasteiger partial charge in [0.05, 0.1) is 10.6 Å². The maximum absolute atomic E-state index is 12.6. The number of thiazole rings is 1. The maximum Gasteiger partial charge on any atom is 0.257 e. The number of sulfonamides is 1. The number of carbonyl (C=O) groups is 1. The highest BCUT2D eigenvalue weighted by Crippen LogP contribution is 2.26. The molecule has 6 nitrogen and oxygen atoms in total. The van der Waals surface area contributed by atoms with Gasteiger partial charge in [0.2, 0.25) is 10.0 Å². The van der Waals surface area contributed by atoms with Gasteiger partial charge in [-0.15, -0.1) is 11.3 Å². The van der Waals surface area contributed by atoms with Crippen molar-refractivity contribution in [2.24, 2.45) is 0 Å². The number of carbonyl (C=O) groups excluding carboxylic acids is 1. The fraction of sp³-hybridized carbons (Fsp3) is 0.158. The Bertz CT molecular complexity index is 1090. The van der Waals surface area contributed by atoms with Gasteiger partial charge in [0, 0.05) is 16.5 Å². The number of hydrogen-bond donors (Lipinski definition) is 2. The minimum Gasteiger partial charge on any atom is -0.298 e. The largest absolute Gasteiger partial charge is 0.298 e. The maximum atomic E-state index is 12.6. The molecule has 0 atom stereocenters. The van der Waals surface area contributed by atoms with Crippen LogP contribution >= 0.6 is 11.3 Å². The molecule has 8 heteroatoms. The molecule has 0 fully saturated rings. The Morgan fingerprint density at radius 2 is 1.81 bits per heavy atom. The smallest absolute Gasteiger partial charge is 0.257 e. The van der Waals surface area contributed by atoms with Gasteiger partial charge in [0.1, 0.15) is 0 Å². The van der Waals surface area contributed by atoms with E-state index < -0.39 is 15.9 Å². The Labute approximate surface area is 162 Å². The number of hydrogen-bond acceptors (Lipinski definition) is 5. The Kier molecular flexibility index (Phi) is 5.41. The van der Waals surface area contributed by atoms with Crippen molar-refractivity contribution in [1.82, 2.24) is 9.71 Å². The molecule has 0 aliphatic rings. The summed E-state index contributed by atoms with van der Waals surface area (Å²) in [5.74, 6) is -0.403. The number of nitrogens with one attached hydrogen (secondary N) is 2. The van der Waals surface area contributed by atoms with Gasteiger partial charge in [-0.3, -0.25) is 10.1 Å². The molecule has 27 heavy (non-hydrogen) atoms. The topological polar surface area (TPSA) is 88.2 Å². The van der Waals surface area contributed by atoms with Crippen molar-refractivity contribution in [3.05, 3.63) is 64.5 Å². The molecule has 0 unspecified atom stereocenters. The fourth-order valence-electron chi connectivity index (χ4n) is 2.59. The van der Waals surface area contributed by atoms with Crippen LogP contribution in [0.4, 0.5) is 5.13 Å². The summed E-state index contributed by atoms with van der Waals surface area (Å²) >= 11 is 1.32. The molecule has 1 amide bonds. The molecule has 0 bridgehead atoms. The molecular weight excluding hydrogens is 382 g/mol. The Morgan fingerprint density at radius 3 is 2.48 bits per heavy atom. The van der Waals surface area contributed by atoms with Gasteiger partial charge >= 0.3 is 0 Å². The first-order valence-corrected chi connectivity index (χ1v) is 10.5. The SMILES string of the molecule is CNS(=O)(=O)c1cc(C(=O)Nc2nc(-c3ccccc3)cs2)cc(C)c1C. The molecule has 2 N–H and O–H groups in total. The first-order chi connectivity index (χ1) is 12.8. The van der Waals surface area contributed by atoms with Gasteiger partial charge in [-0.2, -0.15) is 0 Å². The summed E-state index contributed by atoms with van der Waals surface area (Å²) in [4.78, 5) is 17.2. The van der Waals surface area contributed by atoms with E-state index in [-0.39, 0.29) is 10.5 Å². The Balaban J connectivity index is 1.88. The standard InChI is InChI=1S/C19H19N3O3S2/c1-12-9-15(10-17(13(12)2)27(24,25)20-3)18(23)22-19-21-16(11-26-19)14-7-5-4-6-8-14/h4-11,20H,1-3H3,(H,21,22,23). The lowest BCUT2D eigenvalue weighted by molar-refractivity contribution is 0.102. The number of nitrogens with zero attached hydrogens (tertiary/aromatic N) is 1. The zero-order chi connectivity index (χ0) is 19.6. The van der Waals surface area contributed by atoms with Crippen LogP contribution < -0.4 is 10.0 Å². The molecule has 0 radical (unpaired) electrons. The van der Waals surface area contributed by atoms with E-state index in [1.54, 1.807) is 19.9 Å². The van der Waals surface area contributed by atoms with E-state index in [1.807, 2.05) is 35.7 Å². The lowest BCUT2D eigenvalue weighted by Gasteiger charge is -2.12. The predicted molar refractivity (Wildman–Crippen MR) is 108 cm³/mol. The van der Waals surface area contributed by atoms with Gasteiger partial charge in [-0.05, 0) is 44.2 Å². The van der Waals surface area contributed by atoms with Crippen molar-refractivity contribution in [2.45, 2.75) is 18.7 Å². The molecule has 140 valence electrons. The molecule has 3 aromatic rings. The number of anilines is 1. The van der Waals surface area contributed by atoms with Crippen LogP contribution in [0.2, 0.25) is 0 Å². The second kappa shape index (κ2) is 7.59. The number of amides is 1. The van der Waals surface area contributed by atoms with Crippen LogP contribution in [0.15, 0.2) is 52.7 Å². The summed E-state index contributed by atoms with van der Waals surface area (Å²) < 4.78 is 26.7. The van der Waals surface area contributed by atoms with Gasteiger partial charge in [-0.1, -0.05) is 30.3 Å². The molecular formula is C19H19N3O3S2. The first-order valence-electron chi connectivity index (χ1n) is 8.19. The molecule has 0 spiro atoms. The highest BCUT2D eigenvalue weighted by atomic mass is 32.2. The normalized spacial score (nSPS) is 11.4. The number of benzene rings is 2. The van der Waals surface area contributed by atoms with E-state index in [0.717, 1.165) is 16.8 Å². The average molecular weight is 402 g/mol. The summed E-state index contributed by atoms with van der Waals surface area (Å²) in [6.45, 7) is 3.49. The number of aromatic nitrogens is 1. The lowest BCUT2D eigenvalue weighted by atomic mass is 10.1.